The molecule has 0 N–H and O–H groups in total. The Kier molecular flexibility index (Phi) is 5.86. The maximum Gasteiger partial charge on any atom is 0.242 e. The molecule has 23 heavy (non-hydrogen) atoms. The Hall–Kier alpha value is -1.34. The average Bonchev–Trinajstić information content (AvgIpc) is 2.51. The minimum Gasteiger partial charge on any atom is -0.489 e. The topological polar surface area (TPSA) is 46.6 Å². The van der Waals surface area contributed by atoms with Crippen molar-refractivity contribution in [1.29, 1.82) is 0 Å². The van der Waals surface area contributed by atoms with Gasteiger partial charge in [-0.25, -0.2) is 12.8 Å². The zero-order valence-corrected chi connectivity index (χ0v) is 14.5. The summed E-state index contributed by atoms with van der Waals surface area (Å²) < 4.78 is 44.6. The molecule has 0 spiro atoms. The summed E-state index contributed by atoms with van der Waals surface area (Å²) in [5.41, 5.74) is 0. The number of hydrogen-bond donors (Lipinski definition) is 0. The average molecular weight is 378 g/mol. The predicted molar refractivity (Wildman–Crippen MR) is 88.2 cm³/mol. The van der Waals surface area contributed by atoms with Crippen LogP contribution >= 0.6 is 23.2 Å². The van der Waals surface area contributed by atoms with Gasteiger partial charge in [-0.3, -0.25) is 0 Å². The predicted octanol–water partition coefficient (Wildman–Crippen LogP) is 3.83. The molecular weight excluding hydrogens is 364 g/mol. The van der Waals surface area contributed by atoms with Crippen molar-refractivity contribution in [2.75, 3.05) is 20.2 Å². The van der Waals surface area contributed by atoms with E-state index in [2.05, 4.69) is 0 Å². The van der Waals surface area contributed by atoms with Crippen LogP contribution in [0.1, 0.15) is 0 Å². The largest absolute Gasteiger partial charge is 0.489 e. The number of ether oxygens (including phenoxy) is 1. The first kappa shape index (κ1) is 18.0. The maximum absolute atomic E-state index is 13.4. The van der Waals surface area contributed by atoms with Crippen LogP contribution in [0.15, 0.2) is 47.4 Å². The summed E-state index contributed by atoms with van der Waals surface area (Å²) in [6, 6.07) is 10.00. The van der Waals surface area contributed by atoms with E-state index in [9.17, 15) is 12.8 Å². The van der Waals surface area contributed by atoms with E-state index in [1.165, 1.54) is 37.4 Å². The Morgan fingerprint density at radius 2 is 1.83 bits per heavy atom. The molecule has 0 atom stereocenters. The van der Waals surface area contributed by atoms with Gasteiger partial charge in [0.15, 0.2) is 11.6 Å². The van der Waals surface area contributed by atoms with Crippen LogP contribution in [-0.2, 0) is 10.0 Å². The lowest BCUT2D eigenvalue weighted by Crippen LogP contribution is -2.31. The van der Waals surface area contributed by atoms with E-state index in [1.807, 2.05) is 0 Å². The smallest absolute Gasteiger partial charge is 0.242 e. The third-order valence-electron chi connectivity index (χ3n) is 3.10. The Morgan fingerprint density at radius 3 is 2.48 bits per heavy atom. The summed E-state index contributed by atoms with van der Waals surface area (Å²) in [6.07, 6.45) is 0. The molecule has 0 aliphatic rings. The fourth-order valence-corrected chi connectivity index (χ4v) is 3.33. The maximum atomic E-state index is 13.4. The monoisotopic (exact) mass is 377 g/mol. The molecule has 0 radical (unpaired) electrons. The van der Waals surface area contributed by atoms with Gasteiger partial charge in [-0.15, -0.1) is 0 Å². The van der Waals surface area contributed by atoms with Crippen LogP contribution in [0.25, 0.3) is 0 Å². The molecule has 2 aromatic rings. The molecule has 0 heterocycles. The van der Waals surface area contributed by atoms with Crippen LogP contribution in [0.4, 0.5) is 4.39 Å². The van der Waals surface area contributed by atoms with Crippen molar-refractivity contribution in [1.82, 2.24) is 4.31 Å². The number of para-hydroxylation sites is 1. The van der Waals surface area contributed by atoms with Crippen molar-refractivity contribution in [3.8, 4) is 5.75 Å². The lowest BCUT2D eigenvalue weighted by Gasteiger charge is -2.18. The van der Waals surface area contributed by atoms with Crippen LogP contribution in [0.2, 0.25) is 10.0 Å². The van der Waals surface area contributed by atoms with E-state index in [1.54, 1.807) is 12.1 Å². The second-order valence-corrected chi connectivity index (χ2v) is 7.54. The van der Waals surface area contributed by atoms with Gasteiger partial charge in [-0.2, -0.15) is 4.31 Å². The molecule has 4 nitrogen and oxygen atoms in total. The Morgan fingerprint density at radius 1 is 1.13 bits per heavy atom. The summed E-state index contributed by atoms with van der Waals surface area (Å²) in [5.74, 6) is -0.421. The van der Waals surface area contributed by atoms with E-state index in [-0.39, 0.29) is 33.8 Å². The molecule has 0 unspecified atom stereocenters. The molecule has 0 aliphatic heterocycles. The van der Waals surface area contributed by atoms with Gasteiger partial charge in [0.05, 0.1) is 14.9 Å². The van der Waals surface area contributed by atoms with Gasteiger partial charge in [0.25, 0.3) is 0 Å². The molecule has 0 saturated carbocycles. The molecule has 0 saturated heterocycles. The highest BCUT2D eigenvalue weighted by Gasteiger charge is 2.21. The highest BCUT2D eigenvalue weighted by Crippen LogP contribution is 2.26. The van der Waals surface area contributed by atoms with Crippen molar-refractivity contribution in [2.45, 2.75) is 4.90 Å². The highest BCUT2D eigenvalue weighted by molar-refractivity contribution is 7.89. The van der Waals surface area contributed by atoms with Crippen molar-refractivity contribution in [2.24, 2.45) is 0 Å². The summed E-state index contributed by atoms with van der Waals surface area (Å²) >= 11 is 11.6. The lowest BCUT2D eigenvalue weighted by atomic mass is 10.3. The fraction of sp³-hybridized carbons (Fsp3) is 0.200. The van der Waals surface area contributed by atoms with Crippen LogP contribution in [-0.4, -0.2) is 32.9 Å². The van der Waals surface area contributed by atoms with E-state index >= 15 is 0 Å². The first-order chi connectivity index (χ1) is 10.8. The molecule has 8 heteroatoms. The number of rotatable bonds is 6. The number of likely N-dealkylation sites (N-methyl/N-ethyl adjacent to an activating group) is 1. The third kappa shape index (κ3) is 4.35. The normalized spacial score (nSPS) is 11.7. The Labute approximate surface area is 144 Å². The molecular formula is C15H14Cl2FNO3S. The molecule has 124 valence electrons. The Bertz CT molecular complexity index is 799. The van der Waals surface area contributed by atoms with Gasteiger partial charge in [-0.05, 0) is 30.3 Å². The summed E-state index contributed by atoms with van der Waals surface area (Å²) in [7, 11) is -2.32. The lowest BCUT2D eigenvalue weighted by molar-refractivity contribution is 0.275. The SMILES string of the molecule is CN(CCOc1ccccc1F)S(=O)(=O)c1ccc(Cl)c(Cl)c1. The minimum atomic E-state index is -3.73. The van der Waals surface area contributed by atoms with E-state index < -0.39 is 15.8 Å². The number of nitrogens with zero attached hydrogens (tertiary/aromatic N) is 1. The van der Waals surface area contributed by atoms with Crippen LogP contribution in [0.3, 0.4) is 0 Å². The molecule has 2 rings (SSSR count). The first-order valence-electron chi connectivity index (χ1n) is 6.61. The van der Waals surface area contributed by atoms with Crippen LogP contribution in [0, 0.1) is 5.82 Å². The summed E-state index contributed by atoms with van der Waals surface area (Å²) in [4.78, 5) is 0.0280. The van der Waals surface area contributed by atoms with Crippen molar-refractivity contribution >= 4 is 33.2 Å². The molecule has 0 aromatic heterocycles. The van der Waals surface area contributed by atoms with Crippen molar-refractivity contribution < 1.29 is 17.5 Å². The molecule has 2 aromatic carbocycles. The van der Waals surface area contributed by atoms with Gasteiger partial charge in [0, 0.05) is 13.6 Å². The standard InChI is InChI=1S/C15H14Cl2FNO3S/c1-19(8-9-22-15-5-3-2-4-14(15)18)23(20,21)11-6-7-12(16)13(17)10-11/h2-7,10H,8-9H2,1H3. The van der Waals surface area contributed by atoms with E-state index in [4.69, 9.17) is 27.9 Å². The summed E-state index contributed by atoms with van der Waals surface area (Å²) in [6.45, 7) is 0.0644. The van der Waals surface area contributed by atoms with E-state index in [0.29, 0.717) is 0 Å². The number of sulfonamides is 1. The third-order valence-corrected chi connectivity index (χ3v) is 5.69. The molecule has 0 bridgehead atoms. The van der Waals surface area contributed by atoms with E-state index in [0.717, 1.165) is 4.31 Å². The zero-order chi connectivity index (χ0) is 17.0. The number of halogens is 3. The van der Waals surface area contributed by atoms with Gasteiger partial charge >= 0.3 is 0 Å². The highest BCUT2D eigenvalue weighted by atomic mass is 35.5. The number of hydrogen-bond acceptors (Lipinski definition) is 3. The van der Waals surface area contributed by atoms with Crippen LogP contribution < -0.4 is 4.74 Å². The molecule has 0 fully saturated rings. The van der Waals surface area contributed by atoms with Gasteiger partial charge in [-0.1, -0.05) is 35.3 Å². The zero-order valence-electron chi connectivity index (χ0n) is 12.2. The summed E-state index contributed by atoms with van der Waals surface area (Å²) in [5, 5.41) is 0.430. The molecule has 0 amide bonds. The minimum absolute atomic E-state index is 0.0119. The Balaban J connectivity index is 2.03. The van der Waals surface area contributed by atoms with Crippen molar-refractivity contribution in [3.63, 3.8) is 0 Å². The number of benzene rings is 2. The van der Waals surface area contributed by atoms with Crippen LogP contribution in [0.5, 0.6) is 5.75 Å². The van der Waals surface area contributed by atoms with Gasteiger partial charge < -0.3 is 4.74 Å². The molecule has 0 aliphatic carbocycles. The first-order valence-corrected chi connectivity index (χ1v) is 8.80. The fourth-order valence-electron chi connectivity index (χ4n) is 1.78. The quantitative estimate of drug-likeness (QED) is 0.768. The van der Waals surface area contributed by atoms with Gasteiger partial charge in [0.1, 0.15) is 6.61 Å². The second kappa shape index (κ2) is 7.49. The van der Waals surface area contributed by atoms with Crippen molar-refractivity contribution in [3.05, 3.63) is 58.3 Å². The second-order valence-electron chi connectivity index (χ2n) is 4.68. The van der Waals surface area contributed by atoms with Gasteiger partial charge in [0.2, 0.25) is 10.0 Å².